The molecule has 0 spiro atoms. The molecule has 1 N–H and O–H groups in total. The molecule has 1 unspecified atom stereocenters. The smallest absolute Gasteiger partial charge is 0.345 e. The predicted molar refractivity (Wildman–Crippen MR) is 97.9 cm³/mol. The molecular formula is C19H21N5O4. The Labute approximate surface area is 161 Å². The molecule has 1 fully saturated rings. The first-order valence-corrected chi connectivity index (χ1v) is 9.29. The van der Waals surface area contributed by atoms with Crippen LogP contribution >= 0.6 is 0 Å². The summed E-state index contributed by atoms with van der Waals surface area (Å²) in [5.74, 6) is 0. The number of fused-ring (bicyclic) bond motifs is 4. The number of hydroxylamine groups is 2. The Balaban J connectivity index is 1.45. The molecule has 0 radical (unpaired) electrons. The average Bonchev–Trinajstić information content (AvgIpc) is 3.41. The molecule has 9 heteroatoms. The van der Waals surface area contributed by atoms with Crippen molar-refractivity contribution < 1.29 is 19.6 Å². The van der Waals surface area contributed by atoms with Gasteiger partial charge in [-0.25, -0.2) is 4.79 Å². The van der Waals surface area contributed by atoms with Crippen molar-refractivity contribution in [2.24, 2.45) is 12.2 Å². The molecule has 0 aliphatic carbocycles. The average molecular weight is 383 g/mol. The maximum atomic E-state index is 13.2. The number of hydrogen-bond donors (Lipinski definition) is 1. The number of hydrogen-bond acceptors (Lipinski definition) is 6. The van der Waals surface area contributed by atoms with E-state index in [1.807, 2.05) is 37.4 Å². The van der Waals surface area contributed by atoms with Crippen LogP contribution in [0.5, 0.6) is 0 Å². The summed E-state index contributed by atoms with van der Waals surface area (Å²) >= 11 is 0. The van der Waals surface area contributed by atoms with Crippen LogP contribution in [0.3, 0.4) is 0 Å². The summed E-state index contributed by atoms with van der Waals surface area (Å²) in [6.07, 6.45) is 1.90. The van der Waals surface area contributed by atoms with E-state index in [0.29, 0.717) is 19.6 Å². The normalized spacial score (nSPS) is 25.7. The predicted octanol–water partition coefficient (Wildman–Crippen LogP) is 1.52. The third kappa shape index (κ3) is 2.58. The summed E-state index contributed by atoms with van der Waals surface area (Å²) in [6.45, 7) is 0.703. The van der Waals surface area contributed by atoms with E-state index in [0.717, 1.165) is 22.5 Å². The first-order valence-electron chi connectivity index (χ1n) is 9.29. The minimum absolute atomic E-state index is 0.110. The van der Waals surface area contributed by atoms with Crippen molar-refractivity contribution in [3.8, 4) is 0 Å². The van der Waals surface area contributed by atoms with E-state index in [1.54, 1.807) is 15.8 Å². The Morgan fingerprint density at radius 2 is 2.14 bits per heavy atom. The van der Waals surface area contributed by atoms with E-state index < -0.39 is 0 Å². The van der Waals surface area contributed by atoms with Gasteiger partial charge >= 0.3 is 6.03 Å². The highest BCUT2D eigenvalue weighted by atomic mass is 16.7. The number of aliphatic hydroxyl groups excluding tert-OH is 1. The fraction of sp³-hybridized carbons (Fsp3) is 0.421. The second kappa shape index (κ2) is 6.61. The number of aliphatic hydroxyl groups is 1. The van der Waals surface area contributed by atoms with Crippen molar-refractivity contribution in [3.63, 3.8) is 0 Å². The van der Waals surface area contributed by atoms with E-state index in [-0.39, 0.29) is 30.8 Å². The van der Waals surface area contributed by atoms with Crippen molar-refractivity contribution in [2.75, 3.05) is 13.2 Å². The van der Waals surface area contributed by atoms with E-state index in [2.05, 4.69) is 10.3 Å². The maximum absolute atomic E-state index is 13.2. The zero-order chi connectivity index (χ0) is 19.3. The van der Waals surface area contributed by atoms with E-state index in [9.17, 15) is 9.90 Å². The second-order valence-corrected chi connectivity index (χ2v) is 7.24. The van der Waals surface area contributed by atoms with Gasteiger partial charge in [-0.1, -0.05) is 35.5 Å². The number of benzene rings is 1. The summed E-state index contributed by atoms with van der Waals surface area (Å²) in [7, 11) is 1.86. The van der Waals surface area contributed by atoms with Crippen LogP contribution < -0.4 is 0 Å². The number of carbonyl (C=O) groups is 1. The summed E-state index contributed by atoms with van der Waals surface area (Å²) in [6, 6.07) is 8.97. The molecule has 0 saturated carbocycles. The van der Waals surface area contributed by atoms with Crippen LogP contribution in [0, 0.1) is 0 Å². The van der Waals surface area contributed by atoms with Crippen LogP contribution in [0.4, 0.5) is 4.79 Å². The number of urea groups is 1. The highest BCUT2D eigenvalue weighted by Crippen LogP contribution is 2.45. The largest absolute Gasteiger partial charge is 0.392 e. The van der Waals surface area contributed by atoms with Gasteiger partial charge in [0.1, 0.15) is 18.7 Å². The molecule has 28 heavy (non-hydrogen) atoms. The van der Waals surface area contributed by atoms with Crippen molar-refractivity contribution in [3.05, 3.63) is 53.3 Å². The van der Waals surface area contributed by atoms with Gasteiger partial charge in [-0.3, -0.25) is 9.52 Å². The molecule has 3 atom stereocenters. The van der Waals surface area contributed by atoms with E-state index >= 15 is 0 Å². The summed E-state index contributed by atoms with van der Waals surface area (Å²) < 4.78 is 1.78. The van der Waals surface area contributed by atoms with Crippen LogP contribution in [-0.2, 0) is 23.3 Å². The molecule has 3 aliphatic heterocycles. The number of rotatable bonds is 5. The lowest BCUT2D eigenvalue weighted by molar-refractivity contribution is -0.141. The molecule has 1 saturated heterocycles. The van der Waals surface area contributed by atoms with Crippen LogP contribution in [0.2, 0.25) is 0 Å². The molecule has 146 valence electrons. The van der Waals surface area contributed by atoms with Crippen LogP contribution in [-0.4, -0.2) is 55.8 Å². The van der Waals surface area contributed by atoms with Crippen LogP contribution in [0.25, 0.3) is 0 Å². The van der Waals surface area contributed by atoms with Crippen molar-refractivity contribution in [2.45, 2.75) is 31.2 Å². The fourth-order valence-corrected chi connectivity index (χ4v) is 4.15. The Hall–Kier alpha value is -2.91. The first-order chi connectivity index (χ1) is 13.7. The Bertz CT molecular complexity index is 928. The SMILES string of the molecule is Cn1ncc2c1[C@@H](C1=NOC(CO)C1)N1C[C@@H]2N(OCc2ccccc2)C1=O. The van der Waals surface area contributed by atoms with Crippen LogP contribution in [0.15, 0.2) is 41.7 Å². The molecule has 2 amide bonds. The van der Waals surface area contributed by atoms with Gasteiger partial charge in [-0.15, -0.1) is 0 Å². The lowest BCUT2D eigenvalue weighted by Crippen LogP contribution is -2.39. The third-order valence-corrected chi connectivity index (χ3v) is 5.52. The topological polar surface area (TPSA) is 92.4 Å². The van der Waals surface area contributed by atoms with Crippen molar-refractivity contribution >= 4 is 11.7 Å². The van der Waals surface area contributed by atoms with Gasteiger partial charge in [0.25, 0.3) is 0 Å². The van der Waals surface area contributed by atoms with Gasteiger partial charge in [0.15, 0.2) is 6.10 Å². The molecule has 9 nitrogen and oxygen atoms in total. The highest BCUT2D eigenvalue weighted by molar-refractivity contribution is 5.95. The summed E-state index contributed by atoms with van der Waals surface area (Å²) in [5.41, 5.74) is 3.59. The number of aryl methyl sites for hydroxylation is 1. The van der Waals surface area contributed by atoms with Gasteiger partial charge in [-0.2, -0.15) is 10.2 Å². The molecule has 3 aliphatic rings. The lowest BCUT2D eigenvalue weighted by atomic mass is 9.93. The lowest BCUT2D eigenvalue weighted by Gasteiger charge is -2.30. The minimum Gasteiger partial charge on any atom is -0.392 e. The van der Waals surface area contributed by atoms with Gasteiger partial charge in [0.2, 0.25) is 0 Å². The molecule has 1 aromatic carbocycles. The zero-order valence-electron chi connectivity index (χ0n) is 15.4. The quantitative estimate of drug-likeness (QED) is 0.845. The zero-order valence-corrected chi connectivity index (χ0v) is 15.4. The number of nitrogens with zero attached hydrogens (tertiary/aromatic N) is 5. The molecule has 5 rings (SSSR count). The Kier molecular flexibility index (Phi) is 4.06. The van der Waals surface area contributed by atoms with E-state index in [4.69, 9.17) is 9.68 Å². The monoisotopic (exact) mass is 383 g/mol. The fourth-order valence-electron chi connectivity index (χ4n) is 4.15. The molecular weight excluding hydrogens is 362 g/mol. The standard InChI is InChI=1S/C19H21N5O4/c1-22-17-14(8-20-22)16-9-23(18(17)15-7-13(10-25)28-21-15)19(26)24(16)27-11-12-5-3-2-4-6-12/h2-6,8,13,16,18,25H,7,9-11H2,1H3/t13?,16-,18+/m0/s1. The first kappa shape index (κ1) is 17.2. The van der Waals surface area contributed by atoms with Gasteiger partial charge < -0.3 is 14.8 Å². The van der Waals surface area contributed by atoms with Gasteiger partial charge in [0, 0.05) is 19.0 Å². The third-order valence-electron chi connectivity index (χ3n) is 5.52. The summed E-state index contributed by atoms with van der Waals surface area (Å²) in [4.78, 5) is 26.1. The Morgan fingerprint density at radius 3 is 2.89 bits per heavy atom. The Morgan fingerprint density at radius 1 is 1.32 bits per heavy atom. The molecule has 1 aromatic heterocycles. The van der Waals surface area contributed by atoms with Crippen molar-refractivity contribution in [1.82, 2.24) is 19.7 Å². The summed E-state index contributed by atoms with van der Waals surface area (Å²) in [5, 5.41) is 19.4. The number of oxime groups is 1. The second-order valence-electron chi connectivity index (χ2n) is 7.24. The van der Waals surface area contributed by atoms with E-state index in [1.165, 1.54) is 5.06 Å². The van der Waals surface area contributed by atoms with Gasteiger partial charge in [0.05, 0.1) is 30.8 Å². The molecule has 2 bridgehead atoms. The minimum atomic E-state index is -0.368. The van der Waals surface area contributed by atoms with Crippen molar-refractivity contribution in [1.29, 1.82) is 0 Å². The number of aromatic nitrogens is 2. The molecule has 2 aromatic rings. The van der Waals surface area contributed by atoms with Gasteiger partial charge in [-0.05, 0) is 5.56 Å². The highest BCUT2D eigenvalue weighted by Gasteiger charge is 2.52. The number of carbonyl (C=O) groups excluding carboxylic acids is 1. The molecule has 4 heterocycles. The maximum Gasteiger partial charge on any atom is 0.345 e. The van der Waals surface area contributed by atoms with Crippen LogP contribution in [0.1, 0.15) is 35.3 Å². The number of amides is 2.